The van der Waals surface area contributed by atoms with Crippen LogP contribution in [0.2, 0.25) is 0 Å². The number of rotatable bonds is 1. The van der Waals surface area contributed by atoms with Crippen LogP contribution in [0, 0.1) is 0 Å². The van der Waals surface area contributed by atoms with E-state index in [1.165, 1.54) is 6.92 Å². The molecule has 1 aliphatic heterocycles. The molecule has 1 aliphatic rings. The molecular weight excluding hydrogens is 109 g/mol. The van der Waals surface area contributed by atoms with Crippen LogP contribution in [0.4, 0.5) is 4.39 Å². The number of ether oxygens (including phenoxy) is 1. The zero-order valence-corrected chi connectivity index (χ0v) is 4.86. The lowest BCUT2D eigenvalue weighted by Gasteiger charge is -2.06. The maximum absolute atomic E-state index is 12.3. The summed E-state index contributed by atoms with van der Waals surface area (Å²) in [5, 5.41) is 2.86. The van der Waals surface area contributed by atoms with Gasteiger partial charge in [0.1, 0.15) is 6.17 Å². The van der Waals surface area contributed by atoms with Gasteiger partial charge in [-0.25, -0.2) is 4.39 Å². The number of hydrogen-bond donors (Lipinski definition) is 1. The molecule has 3 heteroatoms. The van der Waals surface area contributed by atoms with Crippen LogP contribution in [-0.4, -0.2) is 25.6 Å². The van der Waals surface area contributed by atoms with E-state index in [-0.39, 0.29) is 6.04 Å². The summed E-state index contributed by atoms with van der Waals surface area (Å²) in [6.45, 7) is 2.54. The highest BCUT2D eigenvalue weighted by molar-refractivity contribution is 4.74. The number of alkyl halides is 1. The van der Waals surface area contributed by atoms with Crippen molar-refractivity contribution in [3.8, 4) is 0 Å². The topological polar surface area (TPSA) is 21.3 Å². The summed E-state index contributed by atoms with van der Waals surface area (Å²) in [5.74, 6) is 0. The van der Waals surface area contributed by atoms with Gasteiger partial charge in [-0.2, -0.15) is 0 Å². The fourth-order valence-electron chi connectivity index (χ4n) is 0.706. The molecule has 2 atom stereocenters. The molecule has 1 saturated heterocycles. The molecule has 48 valence electrons. The van der Waals surface area contributed by atoms with Crippen molar-refractivity contribution in [2.24, 2.45) is 0 Å². The smallest absolute Gasteiger partial charge is 0.115 e. The summed E-state index contributed by atoms with van der Waals surface area (Å²) in [6, 6.07) is -0.0741. The van der Waals surface area contributed by atoms with Crippen molar-refractivity contribution < 1.29 is 9.13 Å². The maximum Gasteiger partial charge on any atom is 0.115 e. The van der Waals surface area contributed by atoms with Crippen LogP contribution >= 0.6 is 0 Å². The van der Waals surface area contributed by atoms with Gasteiger partial charge < -0.3 is 4.74 Å². The van der Waals surface area contributed by atoms with Gasteiger partial charge in [0.2, 0.25) is 0 Å². The molecule has 0 radical (unpaired) electrons. The van der Waals surface area contributed by atoms with Gasteiger partial charge in [0, 0.05) is 0 Å². The van der Waals surface area contributed by atoms with Crippen molar-refractivity contribution in [2.75, 3.05) is 13.3 Å². The van der Waals surface area contributed by atoms with E-state index in [2.05, 4.69) is 5.32 Å². The minimum absolute atomic E-state index is 0.0741. The summed E-state index contributed by atoms with van der Waals surface area (Å²) < 4.78 is 17.1. The summed E-state index contributed by atoms with van der Waals surface area (Å²) in [5.41, 5.74) is 0. The maximum atomic E-state index is 12.3. The molecule has 1 heterocycles. The molecule has 1 unspecified atom stereocenters. The Kier molecular flexibility index (Phi) is 1.81. The minimum atomic E-state index is -0.794. The van der Waals surface area contributed by atoms with Crippen LogP contribution in [0.1, 0.15) is 6.92 Å². The highest BCUT2D eigenvalue weighted by atomic mass is 19.1. The van der Waals surface area contributed by atoms with E-state index in [9.17, 15) is 4.39 Å². The average molecular weight is 119 g/mol. The molecule has 0 spiro atoms. The highest BCUT2D eigenvalue weighted by Crippen LogP contribution is 2.02. The van der Waals surface area contributed by atoms with Crippen molar-refractivity contribution in [1.82, 2.24) is 5.32 Å². The van der Waals surface area contributed by atoms with Crippen LogP contribution in [0.15, 0.2) is 0 Å². The predicted molar refractivity (Wildman–Crippen MR) is 28.3 cm³/mol. The number of hydrogen-bond acceptors (Lipinski definition) is 2. The van der Waals surface area contributed by atoms with Crippen LogP contribution in [0.5, 0.6) is 0 Å². The molecule has 0 aromatic carbocycles. The van der Waals surface area contributed by atoms with Gasteiger partial charge in [0.15, 0.2) is 0 Å². The van der Waals surface area contributed by atoms with E-state index < -0.39 is 6.17 Å². The third kappa shape index (κ3) is 1.17. The average Bonchev–Trinajstić information content (AvgIpc) is 2.12. The van der Waals surface area contributed by atoms with E-state index in [0.29, 0.717) is 13.3 Å². The van der Waals surface area contributed by atoms with E-state index in [4.69, 9.17) is 4.74 Å². The molecule has 0 bridgehead atoms. The van der Waals surface area contributed by atoms with Crippen molar-refractivity contribution in [1.29, 1.82) is 0 Å². The number of nitrogens with one attached hydrogen (secondary N) is 1. The van der Waals surface area contributed by atoms with Gasteiger partial charge in [-0.05, 0) is 6.92 Å². The monoisotopic (exact) mass is 119 g/mol. The van der Waals surface area contributed by atoms with Crippen molar-refractivity contribution in [2.45, 2.75) is 19.1 Å². The summed E-state index contributed by atoms with van der Waals surface area (Å²) in [4.78, 5) is 0. The first-order valence-corrected chi connectivity index (χ1v) is 2.76. The van der Waals surface area contributed by atoms with E-state index in [1.807, 2.05) is 0 Å². The summed E-state index contributed by atoms with van der Waals surface area (Å²) in [6.07, 6.45) is -0.794. The van der Waals surface area contributed by atoms with Crippen molar-refractivity contribution in [3.05, 3.63) is 0 Å². The van der Waals surface area contributed by atoms with Crippen molar-refractivity contribution in [3.63, 3.8) is 0 Å². The first kappa shape index (κ1) is 5.98. The predicted octanol–water partition coefficient (Wildman–Crippen LogP) is 0.290. The van der Waals surface area contributed by atoms with Gasteiger partial charge in [-0.15, -0.1) is 0 Å². The molecule has 0 aliphatic carbocycles. The Morgan fingerprint density at radius 3 is 2.88 bits per heavy atom. The van der Waals surface area contributed by atoms with E-state index in [1.54, 1.807) is 0 Å². The van der Waals surface area contributed by atoms with E-state index in [0.717, 1.165) is 0 Å². The Morgan fingerprint density at radius 1 is 1.88 bits per heavy atom. The normalized spacial score (nSPS) is 33.0. The Hall–Kier alpha value is -0.150. The zero-order chi connectivity index (χ0) is 5.98. The molecule has 1 N–H and O–H groups in total. The van der Waals surface area contributed by atoms with Gasteiger partial charge >= 0.3 is 0 Å². The molecule has 0 amide bonds. The standard InChI is InChI=1S/C5H10FNO/c1-4(6)5-2-8-3-7-5/h4-5,7H,2-3H2,1H3/t4-,5?/m0/s1. The summed E-state index contributed by atoms with van der Waals surface area (Å²) in [7, 11) is 0. The van der Waals surface area contributed by atoms with E-state index >= 15 is 0 Å². The molecule has 0 aromatic heterocycles. The molecule has 2 nitrogen and oxygen atoms in total. The number of halogens is 1. The molecular formula is C5H10FNO. The SMILES string of the molecule is C[C@H](F)C1COCN1. The van der Waals surface area contributed by atoms with Crippen LogP contribution in [-0.2, 0) is 4.74 Å². The van der Waals surface area contributed by atoms with Gasteiger partial charge in [-0.1, -0.05) is 0 Å². The lowest BCUT2D eigenvalue weighted by atomic mass is 10.2. The highest BCUT2D eigenvalue weighted by Gasteiger charge is 2.20. The second-order valence-corrected chi connectivity index (χ2v) is 2.00. The third-order valence-corrected chi connectivity index (χ3v) is 1.30. The Labute approximate surface area is 48.0 Å². The lowest BCUT2D eigenvalue weighted by Crippen LogP contribution is -2.31. The first-order chi connectivity index (χ1) is 3.80. The first-order valence-electron chi connectivity index (χ1n) is 2.76. The molecule has 1 rings (SSSR count). The molecule has 1 fully saturated rings. The van der Waals surface area contributed by atoms with Crippen LogP contribution in [0.25, 0.3) is 0 Å². The Bertz CT molecular complexity index is 70.8. The second kappa shape index (κ2) is 2.42. The molecule has 0 aromatic rings. The Balaban J connectivity index is 2.24. The lowest BCUT2D eigenvalue weighted by molar-refractivity contribution is 0.179. The summed E-state index contributed by atoms with van der Waals surface area (Å²) >= 11 is 0. The van der Waals surface area contributed by atoms with Crippen LogP contribution in [0.3, 0.4) is 0 Å². The fourth-order valence-corrected chi connectivity index (χ4v) is 0.706. The largest absolute Gasteiger partial charge is 0.365 e. The quantitative estimate of drug-likeness (QED) is 0.535. The van der Waals surface area contributed by atoms with Gasteiger partial charge in [0.25, 0.3) is 0 Å². The van der Waals surface area contributed by atoms with Crippen molar-refractivity contribution >= 4 is 0 Å². The second-order valence-electron chi connectivity index (χ2n) is 2.00. The zero-order valence-electron chi connectivity index (χ0n) is 4.86. The van der Waals surface area contributed by atoms with Gasteiger partial charge in [0.05, 0.1) is 19.4 Å². The fraction of sp³-hybridized carbons (Fsp3) is 1.00. The molecule has 8 heavy (non-hydrogen) atoms. The van der Waals surface area contributed by atoms with Crippen LogP contribution < -0.4 is 5.32 Å². The molecule has 0 saturated carbocycles. The third-order valence-electron chi connectivity index (χ3n) is 1.30. The Morgan fingerprint density at radius 2 is 2.62 bits per heavy atom. The van der Waals surface area contributed by atoms with Gasteiger partial charge in [-0.3, -0.25) is 5.32 Å². The minimum Gasteiger partial charge on any atom is -0.365 e.